The molecule has 0 spiro atoms. The van der Waals surface area contributed by atoms with Gasteiger partial charge in [-0.05, 0) is 38.1 Å². The molecule has 0 aromatic heterocycles. The molecule has 2 fully saturated rings. The molecule has 0 bridgehead atoms. The zero-order valence-corrected chi connectivity index (χ0v) is 7.00. The number of rotatable bonds is 3. The lowest BCUT2D eigenvalue weighted by Crippen LogP contribution is -2.32. The van der Waals surface area contributed by atoms with Gasteiger partial charge in [0.15, 0.2) is 0 Å². The van der Waals surface area contributed by atoms with Gasteiger partial charge in [-0.15, -0.1) is 0 Å². The third-order valence-corrected chi connectivity index (χ3v) is 2.98. The fraction of sp³-hybridized carbons (Fsp3) is 1.00. The Balaban J connectivity index is 1.75. The van der Waals surface area contributed by atoms with Crippen LogP contribution in [0.4, 0.5) is 0 Å². The standard InChI is InChI=1S/C9H17NO/c11-6-2-5-10-4-1-3-8-7-9(8)10/h8-9,11H,1-7H2. The van der Waals surface area contributed by atoms with Gasteiger partial charge in [0.25, 0.3) is 0 Å². The number of nitrogens with zero attached hydrogens (tertiary/aromatic N) is 1. The predicted molar refractivity (Wildman–Crippen MR) is 44.4 cm³/mol. The summed E-state index contributed by atoms with van der Waals surface area (Å²) in [4.78, 5) is 2.56. The Kier molecular flexibility index (Phi) is 2.14. The summed E-state index contributed by atoms with van der Waals surface area (Å²) in [6.07, 6.45) is 5.24. The number of hydrogen-bond acceptors (Lipinski definition) is 2. The maximum Gasteiger partial charge on any atom is 0.0443 e. The van der Waals surface area contributed by atoms with Crippen LogP contribution < -0.4 is 0 Å². The van der Waals surface area contributed by atoms with Crippen LogP contribution in [0.2, 0.25) is 0 Å². The van der Waals surface area contributed by atoms with Crippen LogP contribution in [0.25, 0.3) is 0 Å². The molecular formula is C9H17NO. The van der Waals surface area contributed by atoms with E-state index in [1.807, 2.05) is 0 Å². The van der Waals surface area contributed by atoms with Gasteiger partial charge in [-0.3, -0.25) is 0 Å². The molecule has 1 aliphatic heterocycles. The highest BCUT2D eigenvalue weighted by atomic mass is 16.3. The Morgan fingerprint density at radius 1 is 1.45 bits per heavy atom. The van der Waals surface area contributed by atoms with Crippen molar-refractivity contribution in [2.24, 2.45) is 5.92 Å². The average Bonchev–Trinajstić information content (AvgIpc) is 2.79. The van der Waals surface area contributed by atoms with E-state index in [2.05, 4.69) is 4.90 Å². The zero-order chi connectivity index (χ0) is 7.68. The largest absolute Gasteiger partial charge is 0.396 e. The molecule has 1 N–H and O–H groups in total. The molecule has 0 aromatic rings. The van der Waals surface area contributed by atoms with Crippen molar-refractivity contribution in [1.82, 2.24) is 4.90 Å². The van der Waals surface area contributed by atoms with Crippen LogP contribution in [0.15, 0.2) is 0 Å². The van der Waals surface area contributed by atoms with E-state index in [1.165, 1.54) is 25.8 Å². The third kappa shape index (κ3) is 1.57. The highest BCUT2D eigenvalue weighted by Gasteiger charge is 2.43. The number of likely N-dealkylation sites (tertiary alicyclic amines) is 1. The molecule has 0 amide bonds. The summed E-state index contributed by atoms with van der Waals surface area (Å²) >= 11 is 0. The van der Waals surface area contributed by atoms with Crippen molar-refractivity contribution >= 4 is 0 Å². The maximum atomic E-state index is 8.67. The van der Waals surface area contributed by atoms with E-state index in [9.17, 15) is 0 Å². The Bertz CT molecular complexity index is 138. The summed E-state index contributed by atoms with van der Waals surface area (Å²) in [6, 6.07) is 0.912. The van der Waals surface area contributed by atoms with Crippen LogP contribution in [0, 0.1) is 5.92 Å². The van der Waals surface area contributed by atoms with Gasteiger partial charge in [0, 0.05) is 19.2 Å². The molecule has 64 valence electrons. The van der Waals surface area contributed by atoms with Crippen molar-refractivity contribution in [3.05, 3.63) is 0 Å². The number of hydrogen-bond donors (Lipinski definition) is 1. The Hall–Kier alpha value is -0.0800. The van der Waals surface area contributed by atoms with Gasteiger partial charge in [0.05, 0.1) is 0 Å². The summed E-state index contributed by atoms with van der Waals surface area (Å²) < 4.78 is 0. The minimum Gasteiger partial charge on any atom is -0.396 e. The summed E-state index contributed by atoms with van der Waals surface area (Å²) in [6.45, 7) is 2.76. The molecule has 0 radical (unpaired) electrons. The smallest absolute Gasteiger partial charge is 0.0443 e. The summed E-state index contributed by atoms with van der Waals surface area (Å²) in [7, 11) is 0. The molecular weight excluding hydrogens is 138 g/mol. The predicted octanol–water partition coefficient (Wildman–Crippen LogP) is 0.853. The first-order valence-corrected chi connectivity index (χ1v) is 4.76. The Morgan fingerprint density at radius 3 is 3.18 bits per heavy atom. The molecule has 2 rings (SSSR count). The lowest BCUT2D eigenvalue weighted by Gasteiger charge is -2.25. The number of aliphatic hydroxyl groups excluding tert-OH is 1. The van der Waals surface area contributed by atoms with Crippen LogP contribution >= 0.6 is 0 Å². The second kappa shape index (κ2) is 3.11. The van der Waals surface area contributed by atoms with E-state index >= 15 is 0 Å². The fourth-order valence-electron chi connectivity index (χ4n) is 2.26. The van der Waals surface area contributed by atoms with E-state index in [4.69, 9.17) is 5.11 Å². The normalized spacial score (nSPS) is 36.8. The van der Waals surface area contributed by atoms with Gasteiger partial charge >= 0.3 is 0 Å². The van der Waals surface area contributed by atoms with Crippen LogP contribution in [-0.4, -0.2) is 35.7 Å². The van der Waals surface area contributed by atoms with Crippen molar-refractivity contribution in [2.45, 2.75) is 31.7 Å². The van der Waals surface area contributed by atoms with Crippen molar-refractivity contribution in [3.8, 4) is 0 Å². The van der Waals surface area contributed by atoms with Crippen molar-refractivity contribution < 1.29 is 5.11 Å². The minimum absolute atomic E-state index is 0.355. The monoisotopic (exact) mass is 155 g/mol. The molecule has 11 heavy (non-hydrogen) atoms. The second-order valence-corrected chi connectivity index (χ2v) is 3.82. The van der Waals surface area contributed by atoms with Crippen LogP contribution in [-0.2, 0) is 0 Å². The molecule has 2 heteroatoms. The first-order valence-electron chi connectivity index (χ1n) is 4.76. The first kappa shape index (κ1) is 7.56. The van der Waals surface area contributed by atoms with Gasteiger partial charge in [-0.25, -0.2) is 0 Å². The highest BCUT2D eigenvalue weighted by Crippen LogP contribution is 2.42. The summed E-state index contributed by atoms with van der Waals surface area (Å²) in [5.74, 6) is 1.03. The quantitative estimate of drug-likeness (QED) is 0.653. The van der Waals surface area contributed by atoms with E-state index in [1.54, 1.807) is 0 Å². The number of aliphatic hydroxyl groups is 1. The van der Waals surface area contributed by atoms with Crippen LogP contribution in [0.5, 0.6) is 0 Å². The van der Waals surface area contributed by atoms with Gasteiger partial charge in [-0.2, -0.15) is 0 Å². The van der Waals surface area contributed by atoms with Gasteiger partial charge in [0.1, 0.15) is 0 Å². The minimum atomic E-state index is 0.355. The molecule has 2 nitrogen and oxygen atoms in total. The second-order valence-electron chi connectivity index (χ2n) is 3.82. The van der Waals surface area contributed by atoms with E-state index < -0.39 is 0 Å². The summed E-state index contributed by atoms with van der Waals surface area (Å²) in [5.41, 5.74) is 0. The zero-order valence-electron chi connectivity index (χ0n) is 7.00. The summed E-state index contributed by atoms with van der Waals surface area (Å²) in [5, 5.41) is 8.67. The molecule has 0 aromatic carbocycles. The van der Waals surface area contributed by atoms with E-state index in [-0.39, 0.29) is 0 Å². The Morgan fingerprint density at radius 2 is 2.36 bits per heavy atom. The van der Waals surface area contributed by atoms with Crippen LogP contribution in [0.3, 0.4) is 0 Å². The molecule has 2 atom stereocenters. The number of piperidine rings is 1. The Labute approximate surface area is 68.2 Å². The average molecular weight is 155 g/mol. The molecule has 1 saturated heterocycles. The van der Waals surface area contributed by atoms with E-state index in [0.717, 1.165) is 24.9 Å². The van der Waals surface area contributed by atoms with Crippen LogP contribution in [0.1, 0.15) is 25.7 Å². The topological polar surface area (TPSA) is 23.5 Å². The van der Waals surface area contributed by atoms with E-state index in [0.29, 0.717) is 6.61 Å². The van der Waals surface area contributed by atoms with Crippen molar-refractivity contribution in [3.63, 3.8) is 0 Å². The lowest BCUT2D eigenvalue weighted by atomic mass is 10.1. The highest BCUT2D eigenvalue weighted by molar-refractivity contribution is 4.97. The number of fused-ring (bicyclic) bond motifs is 1. The fourth-order valence-corrected chi connectivity index (χ4v) is 2.26. The van der Waals surface area contributed by atoms with Gasteiger partial charge in [-0.1, -0.05) is 0 Å². The SMILES string of the molecule is OCCCN1CCCC2CC21. The molecule has 1 heterocycles. The lowest BCUT2D eigenvalue weighted by molar-refractivity contribution is 0.188. The molecule has 1 aliphatic carbocycles. The first-order chi connectivity index (χ1) is 5.42. The molecule has 2 aliphatic rings. The maximum absolute atomic E-state index is 8.67. The molecule has 1 saturated carbocycles. The van der Waals surface area contributed by atoms with Crippen molar-refractivity contribution in [2.75, 3.05) is 19.7 Å². The van der Waals surface area contributed by atoms with Gasteiger partial charge < -0.3 is 10.0 Å². The third-order valence-electron chi connectivity index (χ3n) is 2.98. The van der Waals surface area contributed by atoms with Gasteiger partial charge in [0.2, 0.25) is 0 Å². The molecule has 2 unspecified atom stereocenters. The van der Waals surface area contributed by atoms with Crippen molar-refractivity contribution in [1.29, 1.82) is 0 Å².